The number of methoxy groups -OCH3 is 1. The first-order chi connectivity index (χ1) is 11.2. The van der Waals surface area contributed by atoms with Crippen molar-refractivity contribution < 1.29 is 14.4 Å². The number of allylic oxidation sites excluding steroid dienone is 1. The van der Waals surface area contributed by atoms with Crippen molar-refractivity contribution in [3.05, 3.63) is 29.8 Å². The summed E-state index contributed by atoms with van der Waals surface area (Å²) in [6, 6.07) is 6.09. The summed E-state index contributed by atoms with van der Waals surface area (Å²) in [5.74, 6) is 2.59. The van der Waals surface area contributed by atoms with Gasteiger partial charge in [-0.15, -0.1) is 0 Å². The van der Waals surface area contributed by atoms with Gasteiger partial charge in [0.1, 0.15) is 0 Å². The summed E-state index contributed by atoms with van der Waals surface area (Å²) in [7, 11) is 1.70. The molecule has 0 aliphatic carbocycles. The van der Waals surface area contributed by atoms with E-state index in [0.717, 1.165) is 36.0 Å². The highest BCUT2D eigenvalue weighted by Gasteiger charge is 2.17. The summed E-state index contributed by atoms with van der Waals surface area (Å²) in [5, 5.41) is 0. The van der Waals surface area contributed by atoms with Crippen molar-refractivity contribution >= 4 is 6.08 Å². The molecule has 0 bridgehead atoms. The van der Waals surface area contributed by atoms with Crippen LogP contribution in [-0.2, 0) is 0 Å². The minimum absolute atomic E-state index is 0.767. The smallest absolute Gasteiger partial charge is 0.161 e. The topological polar surface area (TPSA) is 22.9 Å². The molecule has 0 radical (unpaired) electrons. The third-order valence-electron chi connectivity index (χ3n) is 4.71. The van der Waals surface area contributed by atoms with Crippen LogP contribution in [0, 0.1) is 5.92 Å². The molecule has 1 aromatic rings. The van der Waals surface area contributed by atoms with Crippen LogP contribution in [0.3, 0.4) is 0 Å². The van der Waals surface area contributed by atoms with Gasteiger partial charge in [-0.25, -0.2) is 0 Å². The second kappa shape index (κ2) is 9.61. The number of unbranched alkanes of at least 4 members (excludes halogenated alkanes) is 1. The Bertz CT molecular complexity index is 490. The van der Waals surface area contributed by atoms with Gasteiger partial charge < -0.3 is 14.4 Å². The number of nitrogens with one attached hydrogen (secondary N) is 1. The van der Waals surface area contributed by atoms with E-state index in [1.54, 1.807) is 12.0 Å². The summed E-state index contributed by atoms with van der Waals surface area (Å²) in [5.41, 5.74) is 1.14. The first-order valence-corrected chi connectivity index (χ1v) is 9.00. The van der Waals surface area contributed by atoms with Crippen LogP contribution < -0.4 is 14.4 Å². The van der Waals surface area contributed by atoms with Crippen LogP contribution in [0.25, 0.3) is 6.08 Å². The van der Waals surface area contributed by atoms with Gasteiger partial charge >= 0.3 is 0 Å². The largest absolute Gasteiger partial charge is 0.493 e. The highest BCUT2D eigenvalue weighted by atomic mass is 16.5. The van der Waals surface area contributed by atoms with E-state index in [0.29, 0.717) is 0 Å². The predicted molar refractivity (Wildman–Crippen MR) is 96.4 cm³/mol. The average Bonchev–Trinajstić information content (AvgIpc) is 2.57. The molecule has 0 spiro atoms. The minimum atomic E-state index is 0.767. The lowest BCUT2D eigenvalue weighted by molar-refractivity contribution is -0.906. The summed E-state index contributed by atoms with van der Waals surface area (Å²) in [6.45, 7) is 9.14. The Morgan fingerprint density at radius 2 is 1.96 bits per heavy atom. The molecular formula is C20H32NO2+. The van der Waals surface area contributed by atoms with E-state index < -0.39 is 0 Å². The van der Waals surface area contributed by atoms with Crippen molar-refractivity contribution in [2.45, 2.75) is 39.5 Å². The van der Waals surface area contributed by atoms with Crippen molar-refractivity contribution in [1.82, 2.24) is 0 Å². The zero-order valence-electron chi connectivity index (χ0n) is 14.9. The number of likely N-dealkylation sites (tertiary alicyclic amines) is 1. The van der Waals surface area contributed by atoms with Gasteiger partial charge in [0.05, 0.1) is 33.4 Å². The normalized spacial score (nSPS) is 21.5. The van der Waals surface area contributed by atoms with Crippen LogP contribution in [-0.4, -0.2) is 33.4 Å². The first kappa shape index (κ1) is 17.9. The highest BCUT2D eigenvalue weighted by Crippen LogP contribution is 2.28. The maximum absolute atomic E-state index is 5.91. The van der Waals surface area contributed by atoms with Crippen LogP contribution in [0.4, 0.5) is 0 Å². The van der Waals surface area contributed by atoms with Gasteiger partial charge in [0.25, 0.3) is 0 Å². The van der Waals surface area contributed by atoms with Crippen LogP contribution in [0.2, 0.25) is 0 Å². The SMILES string of the molecule is C/C=C/c1ccc(OCCCC[NH+]2CCC(C)CC2)c(OC)c1. The van der Waals surface area contributed by atoms with Crippen molar-refractivity contribution in [3.8, 4) is 11.5 Å². The van der Waals surface area contributed by atoms with Gasteiger partial charge in [0, 0.05) is 0 Å². The fourth-order valence-corrected chi connectivity index (χ4v) is 3.18. The molecule has 1 heterocycles. The van der Waals surface area contributed by atoms with E-state index >= 15 is 0 Å². The number of quaternary nitrogens is 1. The van der Waals surface area contributed by atoms with Crippen molar-refractivity contribution in [3.63, 3.8) is 0 Å². The molecule has 23 heavy (non-hydrogen) atoms. The fraction of sp³-hybridized carbons (Fsp3) is 0.600. The molecule has 128 valence electrons. The van der Waals surface area contributed by atoms with Crippen LogP contribution >= 0.6 is 0 Å². The maximum Gasteiger partial charge on any atom is 0.161 e. The van der Waals surface area contributed by atoms with Crippen LogP contribution in [0.1, 0.15) is 45.1 Å². The summed E-state index contributed by atoms with van der Waals surface area (Å²) in [4.78, 5) is 1.77. The van der Waals surface area contributed by atoms with Gasteiger partial charge in [-0.1, -0.05) is 25.1 Å². The summed E-state index contributed by atoms with van der Waals surface area (Å²) >= 11 is 0. The quantitative estimate of drug-likeness (QED) is 0.744. The Labute approximate surface area is 141 Å². The Morgan fingerprint density at radius 3 is 2.65 bits per heavy atom. The van der Waals surface area contributed by atoms with E-state index in [4.69, 9.17) is 9.47 Å². The Kier molecular flexibility index (Phi) is 7.47. The molecule has 1 fully saturated rings. The number of piperidine rings is 1. The average molecular weight is 318 g/mol. The zero-order valence-corrected chi connectivity index (χ0v) is 14.9. The van der Waals surface area contributed by atoms with Crippen molar-refractivity contribution in [2.24, 2.45) is 5.92 Å². The molecular weight excluding hydrogens is 286 g/mol. The number of rotatable bonds is 8. The number of hydrogen-bond acceptors (Lipinski definition) is 2. The zero-order chi connectivity index (χ0) is 16.5. The minimum Gasteiger partial charge on any atom is -0.493 e. The van der Waals surface area contributed by atoms with E-state index in [1.807, 2.05) is 25.1 Å². The standard InChI is InChI=1S/C20H31NO2/c1-4-7-18-8-9-19(20(16-18)22-3)23-15-6-5-12-21-13-10-17(2)11-14-21/h4,7-9,16-17H,5-6,10-15H2,1-3H3/p+1/b7-4+. The molecule has 0 amide bonds. The molecule has 3 nitrogen and oxygen atoms in total. The fourth-order valence-electron chi connectivity index (χ4n) is 3.18. The van der Waals surface area contributed by atoms with E-state index in [1.165, 1.54) is 38.9 Å². The lowest BCUT2D eigenvalue weighted by Gasteiger charge is -2.27. The van der Waals surface area contributed by atoms with Crippen LogP contribution in [0.15, 0.2) is 24.3 Å². The Hall–Kier alpha value is -1.48. The third-order valence-corrected chi connectivity index (χ3v) is 4.71. The van der Waals surface area contributed by atoms with Gasteiger partial charge in [-0.05, 0) is 56.2 Å². The van der Waals surface area contributed by atoms with Crippen molar-refractivity contribution in [1.29, 1.82) is 0 Å². The number of ether oxygens (including phenoxy) is 2. The molecule has 3 heteroatoms. The third kappa shape index (κ3) is 5.91. The maximum atomic E-state index is 5.91. The molecule has 0 atom stereocenters. The number of benzene rings is 1. The molecule has 1 aliphatic heterocycles. The first-order valence-electron chi connectivity index (χ1n) is 9.00. The number of hydrogen-bond donors (Lipinski definition) is 1. The highest BCUT2D eigenvalue weighted by molar-refractivity contribution is 5.55. The lowest BCUT2D eigenvalue weighted by Crippen LogP contribution is -3.13. The Balaban J connectivity index is 1.69. The molecule has 2 rings (SSSR count). The summed E-state index contributed by atoms with van der Waals surface area (Å²) in [6.07, 6.45) is 9.22. The molecule has 0 aromatic heterocycles. The molecule has 1 saturated heterocycles. The second-order valence-electron chi connectivity index (χ2n) is 6.65. The van der Waals surface area contributed by atoms with Gasteiger partial charge in [-0.3, -0.25) is 0 Å². The predicted octanol–water partition coefficient (Wildman–Crippen LogP) is 3.20. The van der Waals surface area contributed by atoms with E-state index in [2.05, 4.69) is 19.1 Å². The Morgan fingerprint density at radius 1 is 1.17 bits per heavy atom. The van der Waals surface area contributed by atoms with Crippen LogP contribution in [0.5, 0.6) is 11.5 Å². The molecule has 0 saturated carbocycles. The summed E-state index contributed by atoms with van der Waals surface area (Å²) < 4.78 is 11.3. The van der Waals surface area contributed by atoms with Gasteiger partial charge in [0.15, 0.2) is 11.5 Å². The molecule has 1 aliphatic rings. The second-order valence-corrected chi connectivity index (χ2v) is 6.65. The van der Waals surface area contributed by atoms with E-state index in [9.17, 15) is 0 Å². The monoisotopic (exact) mass is 318 g/mol. The molecule has 1 N–H and O–H groups in total. The molecule has 0 unspecified atom stereocenters. The van der Waals surface area contributed by atoms with Gasteiger partial charge in [-0.2, -0.15) is 0 Å². The molecule has 1 aromatic carbocycles. The van der Waals surface area contributed by atoms with Crippen molar-refractivity contribution in [2.75, 3.05) is 33.4 Å². The van der Waals surface area contributed by atoms with E-state index in [-0.39, 0.29) is 0 Å². The van der Waals surface area contributed by atoms with Gasteiger partial charge in [0.2, 0.25) is 0 Å². The lowest BCUT2D eigenvalue weighted by atomic mass is 9.99.